The van der Waals surface area contributed by atoms with Crippen LogP contribution in [-0.2, 0) is 6.54 Å². The summed E-state index contributed by atoms with van der Waals surface area (Å²) in [7, 11) is 0. The van der Waals surface area contributed by atoms with Crippen LogP contribution in [0.25, 0.3) is 0 Å². The Hall–Kier alpha value is -1.50. The summed E-state index contributed by atoms with van der Waals surface area (Å²) < 4.78 is 2.00. The Bertz CT molecular complexity index is 760. The first-order valence-electron chi connectivity index (χ1n) is 11.1. The molecule has 1 atom stereocenters. The zero-order chi connectivity index (χ0) is 20.2. The third kappa shape index (κ3) is 4.98. The van der Waals surface area contributed by atoms with Crippen molar-refractivity contribution in [1.82, 2.24) is 30.0 Å². The van der Waals surface area contributed by atoms with Crippen molar-refractivity contribution < 1.29 is 0 Å². The van der Waals surface area contributed by atoms with E-state index in [0.717, 1.165) is 56.0 Å². The van der Waals surface area contributed by atoms with E-state index < -0.39 is 0 Å². The van der Waals surface area contributed by atoms with Gasteiger partial charge in [0.1, 0.15) is 0 Å². The number of rotatable bonds is 7. The van der Waals surface area contributed by atoms with Gasteiger partial charge in [0, 0.05) is 43.8 Å². The zero-order valence-corrected chi connectivity index (χ0v) is 18.4. The Balaban J connectivity index is 1.55. The summed E-state index contributed by atoms with van der Waals surface area (Å²) in [5.41, 5.74) is 1.21. The van der Waals surface area contributed by atoms with Crippen LogP contribution in [0.5, 0.6) is 0 Å². The number of nitrogens with zero attached hydrogens (tertiary/aromatic N) is 6. The predicted octanol–water partition coefficient (Wildman–Crippen LogP) is 4.02. The maximum Gasteiger partial charge on any atom is 0.173 e. The minimum Gasteiger partial charge on any atom is -0.298 e. The van der Waals surface area contributed by atoms with E-state index in [-0.39, 0.29) is 6.04 Å². The second kappa shape index (κ2) is 9.54. The molecule has 2 heterocycles. The average Bonchev–Trinajstić information content (AvgIpc) is 3.41. The van der Waals surface area contributed by atoms with Crippen molar-refractivity contribution in [2.75, 3.05) is 26.2 Å². The van der Waals surface area contributed by atoms with E-state index in [1.165, 1.54) is 31.2 Å². The van der Waals surface area contributed by atoms with E-state index in [0.29, 0.717) is 5.92 Å². The van der Waals surface area contributed by atoms with Gasteiger partial charge in [0.15, 0.2) is 5.82 Å². The molecular formula is C22H33ClN6. The number of aryl methyl sites for hydroxylation is 1. The first kappa shape index (κ1) is 20.8. The molecule has 2 fully saturated rings. The van der Waals surface area contributed by atoms with Crippen LogP contribution in [0.2, 0.25) is 5.02 Å². The van der Waals surface area contributed by atoms with Crippen LogP contribution >= 0.6 is 11.6 Å². The minimum atomic E-state index is 0.0696. The highest BCUT2D eigenvalue weighted by Gasteiger charge is 2.33. The van der Waals surface area contributed by atoms with Crippen LogP contribution in [0.4, 0.5) is 0 Å². The molecule has 158 valence electrons. The lowest BCUT2D eigenvalue weighted by Gasteiger charge is -2.41. The Kier molecular flexibility index (Phi) is 6.83. The van der Waals surface area contributed by atoms with Crippen LogP contribution < -0.4 is 0 Å². The van der Waals surface area contributed by atoms with Crippen LogP contribution in [0.1, 0.15) is 63.4 Å². The molecule has 0 amide bonds. The lowest BCUT2D eigenvalue weighted by atomic mass is 10.0. The zero-order valence-electron chi connectivity index (χ0n) is 17.7. The van der Waals surface area contributed by atoms with Gasteiger partial charge < -0.3 is 0 Å². The molecule has 0 unspecified atom stereocenters. The van der Waals surface area contributed by atoms with E-state index in [9.17, 15) is 0 Å². The van der Waals surface area contributed by atoms with E-state index >= 15 is 0 Å². The summed E-state index contributed by atoms with van der Waals surface area (Å²) in [5, 5.41) is 13.6. The standard InChI is InChI=1S/C22H33ClN6/c1-17(2)11-12-29-22(24-25-26-29)21(18-7-9-19(23)10-8-18)28-15-13-27(14-16-28)20-5-3-4-6-20/h7-10,17,20-21H,3-6,11-16H2,1-2H3/t21-/m0/s1. The molecule has 1 aromatic heterocycles. The monoisotopic (exact) mass is 416 g/mol. The van der Waals surface area contributed by atoms with Crippen LogP contribution in [0, 0.1) is 5.92 Å². The quantitative estimate of drug-likeness (QED) is 0.682. The van der Waals surface area contributed by atoms with Crippen molar-refractivity contribution in [3.63, 3.8) is 0 Å². The summed E-state index contributed by atoms with van der Waals surface area (Å²) in [6.45, 7) is 9.67. The van der Waals surface area contributed by atoms with Gasteiger partial charge in [-0.2, -0.15) is 0 Å². The Morgan fingerprint density at radius 2 is 1.72 bits per heavy atom. The molecule has 1 aliphatic heterocycles. The molecule has 0 spiro atoms. The highest BCUT2D eigenvalue weighted by atomic mass is 35.5. The Morgan fingerprint density at radius 1 is 1.03 bits per heavy atom. The predicted molar refractivity (Wildman–Crippen MR) is 116 cm³/mol. The summed E-state index contributed by atoms with van der Waals surface area (Å²) >= 11 is 6.17. The van der Waals surface area contributed by atoms with Gasteiger partial charge in [-0.3, -0.25) is 9.80 Å². The molecule has 0 N–H and O–H groups in total. The van der Waals surface area contributed by atoms with Gasteiger partial charge in [0.25, 0.3) is 0 Å². The van der Waals surface area contributed by atoms with Crippen molar-refractivity contribution in [2.24, 2.45) is 5.92 Å². The fourth-order valence-corrected chi connectivity index (χ4v) is 4.87. The normalized spacial score (nSPS) is 20.6. The molecular weight excluding hydrogens is 384 g/mol. The molecule has 4 rings (SSSR count). The number of hydrogen-bond donors (Lipinski definition) is 0. The maximum atomic E-state index is 6.17. The van der Waals surface area contributed by atoms with Gasteiger partial charge in [-0.25, -0.2) is 4.68 Å². The molecule has 29 heavy (non-hydrogen) atoms. The third-order valence-corrected chi connectivity index (χ3v) is 6.72. The van der Waals surface area contributed by atoms with E-state index in [1.54, 1.807) is 0 Å². The summed E-state index contributed by atoms with van der Waals surface area (Å²) in [6, 6.07) is 9.06. The van der Waals surface area contributed by atoms with Crippen LogP contribution in [0.15, 0.2) is 24.3 Å². The third-order valence-electron chi connectivity index (χ3n) is 6.46. The van der Waals surface area contributed by atoms with Crippen LogP contribution in [0.3, 0.4) is 0 Å². The second-order valence-electron chi connectivity index (χ2n) is 8.91. The Morgan fingerprint density at radius 3 is 2.38 bits per heavy atom. The molecule has 1 saturated carbocycles. The van der Waals surface area contributed by atoms with Gasteiger partial charge in [0.05, 0.1) is 6.04 Å². The lowest BCUT2D eigenvalue weighted by Crippen LogP contribution is -2.51. The molecule has 0 radical (unpaired) electrons. The van der Waals surface area contributed by atoms with Crippen molar-refractivity contribution in [3.05, 3.63) is 40.7 Å². The van der Waals surface area contributed by atoms with Gasteiger partial charge in [-0.1, -0.05) is 50.4 Å². The van der Waals surface area contributed by atoms with Gasteiger partial charge in [0.2, 0.25) is 0 Å². The molecule has 7 heteroatoms. The van der Waals surface area contributed by atoms with Gasteiger partial charge in [-0.05, 0) is 53.3 Å². The summed E-state index contributed by atoms with van der Waals surface area (Å²) in [6.07, 6.45) is 6.59. The van der Waals surface area contributed by atoms with Crippen molar-refractivity contribution in [1.29, 1.82) is 0 Å². The average molecular weight is 417 g/mol. The Labute approximate surface area is 179 Å². The molecule has 2 aromatic rings. The first-order valence-corrected chi connectivity index (χ1v) is 11.5. The van der Waals surface area contributed by atoms with E-state index in [4.69, 9.17) is 11.6 Å². The summed E-state index contributed by atoms with van der Waals surface area (Å²) in [4.78, 5) is 5.25. The number of hydrogen-bond acceptors (Lipinski definition) is 5. The fourth-order valence-electron chi connectivity index (χ4n) is 4.75. The molecule has 6 nitrogen and oxygen atoms in total. The highest BCUT2D eigenvalue weighted by molar-refractivity contribution is 6.30. The summed E-state index contributed by atoms with van der Waals surface area (Å²) in [5.74, 6) is 1.57. The largest absolute Gasteiger partial charge is 0.298 e. The second-order valence-corrected chi connectivity index (χ2v) is 9.34. The number of benzene rings is 1. The molecule has 1 saturated heterocycles. The molecule has 0 bridgehead atoms. The highest BCUT2D eigenvalue weighted by Crippen LogP contribution is 2.31. The molecule has 1 aliphatic carbocycles. The van der Waals surface area contributed by atoms with Crippen molar-refractivity contribution in [2.45, 2.75) is 64.6 Å². The number of piperazine rings is 1. The van der Waals surface area contributed by atoms with Gasteiger partial charge >= 0.3 is 0 Å². The number of tetrazole rings is 1. The van der Waals surface area contributed by atoms with Crippen molar-refractivity contribution >= 4 is 11.6 Å². The fraction of sp³-hybridized carbons (Fsp3) is 0.682. The van der Waals surface area contributed by atoms with Crippen molar-refractivity contribution in [3.8, 4) is 0 Å². The molecule has 2 aliphatic rings. The molecule has 1 aromatic carbocycles. The number of aromatic nitrogens is 4. The lowest BCUT2D eigenvalue weighted by molar-refractivity contribution is 0.0769. The van der Waals surface area contributed by atoms with Crippen LogP contribution in [-0.4, -0.2) is 62.2 Å². The SMILES string of the molecule is CC(C)CCn1nnnc1[C@H](c1ccc(Cl)cc1)N1CCN(C2CCCC2)CC1. The smallest absolute Gasteiger partial charge is 0.173 e. The van der Waals surface area contributed by atoms with E-state index in [1.807, 2.05) is 16.8 Å². The first-order chi connectivity index (χ1) is 14.1. The maximum absolute atomic E-state index is 6.17. The van der Waals surface area contributed by atoms with Gasteiger partial charge in [-0.15, -0.1) is 5.10 Å². The topological polar surface area (TPSA) is 50.1 Å². The number of halogens is 1. The minimum absolute atomic E-state index is 0.0696. The van der Waals surface area contributed by atoms with E-state index in [2.05, 4.69) is 51.3 Å².